The molecule has 0 saturated carbocycles. The molecule has 1 atom stereocenters. The van der Waals surface area contributed by atoms with Crippen molar-refractivity contribution in [3.05, 3.63) is 184 Å². The molecule has 0 aliphatic heterocycles. The van der Waals surface area contributed by atoms with Crippen LogP contribution in [0.25, 0.3) is 22.7 Å². The molecule has 15 nitrogen and oxygen atoms in total. The molecule has 1 unspecified atom stereocenters. The number of hydrogen-bond acceptors (Lipinski definition) is 11. The van der Waals surface area contributed by atoms with Gasteiger partial charge in [-0.15, -0.1) is 22.7 Å². The summed E-state index contributed by atoms with van der Waals surface area (Å²) in [4.78, 5) is 58.0. The molecule has 6 heterocycles. The molecule has 2 amide bonds. The van der Waals surface area contributed by atoms with Crippen molar-refractivity contribution in [2.75, 3.05) is 12.5 Å². The third kappa shape index (κ3) is 11.3. The standard InChI is InChI=1S/C21H16ClFN4O4S2.C21H16ClFN4O3S2/c1-33(30,31)21-25-14(10-24-20(29)17-7-8-18(22)32-17)12-27(21)16-5-3-15(4-6-16)26-11-13(23)2-9-19(26)28;1-32(30)21-25-14(10-24-20(29)17-7-8-18(22)31-17)12-27(21)16-5-3-15(4-6-16)26-11-13(23)2-9-19(26)28/h2-9,11-12H,10H2,1H3,(H,24,29);2-9,11-12H,10H2,1H3,(H,24,29). The normalized spacial score (nSPS) is 11.7. The summed E-state index contributed by atoms with van der Waals surface area (Å²) >= 11 is 14.0. The van der Waals surface area contributed by atoms with Crippen molar-refractivity contribution in [3.8, 4) is 22.7 Å². The summed E-state index contributed by atoms with van der Waals surface area (Å²) < 4.78 is 70.2. The van der Waals surface area contributed by atoms with Crippen LogP contribution >= 0.6 is 45.9 Å². The minimum atomic E-state index is -3.70. The summed E-state index contributed by atoms with van der Waals surface area (Å²) in [5.74, 6) is -1.72. The van der Waals surface area contributed by atoms with E-state index >= 15 is 0 Å². The molecule has 0 aliphatic carbocycles. The number of aromatic nitrogens is 6. The first-order valence-electron chi connectivity index (χ1n) is 18.7. The van der Waals surface area contributed by atoms with Crippen LogP contribution in [0.4, 0.5) is 8.78 Å². The molecule has 0 radical (unpaired) electrons. The topological polar surface area (TPSA) is 189 Å². The van der Waals surface area contributed by atoms with E-state index in [2.05, 4.69) is 20.6 Å². The minimum absolute atomic E-state index is 0.000637. The Morgan fingerprint density at radius 3 is 1.42 bits per heavy atom. The first-order valence-corrected chi connectivity index (χ1v) is 24.5. The molecule has 23 heteroatoms. The quantitative estimate of drug-likeness (QED) is 0.133. The van der Waals surface area contributed by atoms with Crippen molar-refractivity contribution < 1.29 is 31.0 Å². The van der Waals surface area contributed by atoms with Crippen LogP contribution in [0.5, 0.6) is 0 Å². The van der Waals surface area contributed by atoms with Gasteiger partial charge in [0.25, 0.3) is 22.9 Å². The van der Waals surface area contributed by atoms with Gasteiger partial charge >= 0.3 is 0 Å². The predicted octanol–water partition coefficient (Wildman–Crippen LogP) is 6.76. The van der Waals surface area contributed by atoms with Gasteiger partial charge in [-0.2, -0.15) is 0 Å². The van der Waals surface area contributed by atoms with Crippen molar-refractivity contribution in [1.29, 1.82) is 0 Å². The number of benzene rings is 2. The van der Waals surface area contributed by atoms with Crippen LogP contribution in [0.1, 0.15) is 30.7 Å². The van der Waals surface area contributed by atoms with E-state index in [4.69, 9.17) is 23.2 Å². The largest absolute Gasteiger partial charge is 0.346 e. The van der Waals surface area contributed by atoms with Gasteiger partial charge in [-0.1, -0.05) is 23.2 Å². The van der Waals surface area contributed by atoms with Crippen LogP contribution in [-0.2, 0) is 33.7 Å². The van der Waals surface area contributed by atoms with Crippen LogP contribution < -0.4 is 21.8 Å². The Morgan fingerprint density at radius 2 is 1.02 bits per heavy atom. The highest BCUT2D eigenvalue weighted by Gasteiger charge is 2.20. The molecule has 6 aromatic heterocycles. The van der Waals surface area contributed by atoms with E-state index in [0.717, 1.165) is 58.8 Å². The highest BCUT2D eigenvalue weighted by atomic mass is 35.5. The minimum Gasteiger partial charge on any atom is -0.346 e. The van der Waals surface area contributed by atoms with Crippen LogP contribution in [0.3, 0.4) is 0 Å². The summed E-state index contributed by atoms with van der Waals surface area (Å²) in [7, 11) is -5.10. The molecule has 0 bridgehead atoms. The van der Waals surface area contributed by atoms with Gasteiger partial charge in [-0.3, -0.25) is 41.7 Å². The molecule has 0 spiro atoms. The van der Waals surface area contributed by atoms with Crippen molar-refractivity contribution in [1.82, 2.24) is 38.9 Å². The van der Waals surface area contributed by atoms with E-state index in [9.17, 15) is 40.6 Å². The van der Waals surface area contributed by atoms with E-state index in [1.54, 1.807) is 83.6 Å². The van der Waals surface area contributed by atoms with E-state index in [1.165, 1.54) is 32.9 Å². The number of thiophene rings is 2. The molecule has 8 aromatic rings. The number of hydrogen-bond donors (Lipinski definition) is 2. The maximum Gasteiger partial charge on any atom is 0.261 e. The molecule has 334 valence electrons. The highest BCUT2D eigenvalue weighted by Crippen LogP contribution is 2.24. The Balaban J connectivity index is 0.000000194. The number of carbonyl (C=O) groups excluding carboxylic acids is 2. The number of pyridine rings is 2. The molecule has 8 rings (SSSR count). The first-order chi connectivity index (χ1) is 30.9. The lowest BCUT2D eigenvalue weighted by Gasteiger charge is -2.09. The predicted molar refractivity (Wildman–Crippen MR) is 245 cm³/mol. The van der Waals surface area contributed by atoms with Crippen LogP contribution in [-0.4, -0.2) is 65.2 Å². The van der Waals surface area contributed by atoms with E-state index in [-0.39, 0.29) is 35.6 Å². The molecule has 0 fully saturated rings. The maximum absolute atomic E-state index is 13.5. The van der Waals surface area contributed by atoms with Gasteiger partial charge in [-0.05, 0) is 84.9 Å². The zero-order chi connectivity index (χ0) is 46.6. The Bertz CT molecular complexity index is 3330. The fourth-order valence-corrected chi connectivity index (χ4v) is 9.48. The van der Waals surface area contributed by atoms with Gasteiger partial charge in [0.1, 0.15) is 11.6 Å². The molecular formula is C42H32Cl2F2N8O7S4. The lowest BCUT2D eigenvalue weighted by molar-refractivity contribution is 0.0946. The molecule has 2 N–H and O–H groups in total. The van der Waals surface area contributed by atoms with Gasteiger partial charge in [0, 0.05) is 72.2 Å². The SMILES string of the molecule is CS(=O)(=O)c1nc(CNC(=O)c2ccc(Cl)s2)cn1-c1ccc(-n2cc(F)ccc2=O)cc1.CS(=O)c1nc(CNC(=O)c2ccc(Cl)s2)cn1-c1ccc(-n2cc(F)ccc2=O)cc1. The Kier molecular flexibility index (Phi) is 14.2. The van der Waals surface area contributed by atoms with Crippen LogP contribution in [0.15, 0.2) is 142 Å². The van der Waals surface area contributed by atoms with Gasteiger partial charge < -0.3 is 10.6 Å². The van der Waals surface area contributed by atoms with Gasteiger partial charge in [0.15, 0.2) is 0 Å². The fourth-order valence-electron chi connectivity index (χ4n) is 6.09. The Morgan fingerprint density at radius 1 is 0.615 bits per heavy atom. The summed E-state index contributed by atoms with van der Waals surface area (Å²) in [6, 6.07) is 23.9. The average Bonchev–Trinajstić information content (AvgIpc) is 4.11. The second-order valence-electron chi connectivity index (χ2n) is 13.7. The molecule has 0 saturated heterocycles. The third-order valence-corrected chi connectivity index (χ3v) is 13.3. The number of halogens is 4. The smallest absolute Gasteiger partial charge is 0.261 e. The number of rotatable bonds is 12. The monoisotopic (exact) mass is 996 g/mol. The summed E-state index contributed by atoms with van der Waals surface area (Å²) in [5.41, 5.74) is 2.09. The number of sulfone groups is 1. The molecule has 2 aromatic carbocycles. The van der Waals surface area contributed by atoms with Crippen LogP contribution in [0.2, 0.25) is 8.67 Å². The second kappa shape index (κ2) is 19.8. The third-order valence-electron chi connectivity index (χ3n) is 9.05. The van der Waals surface area contributed by atoms with Crippen molar-refractivity contribution >= 4 is 78.3 Å². The van der Waals surface area contributed by atoms with Crippen molar-refractivity contribution in [2.45, 2.75) is 23.4 Å². The lowest BCUT2D eigenvalue weighted by atomic mass is 10.2. The summed E-state index contributed by atoms with van der Waals surface area (Å²) in [6.07, 6.45) is 7.90. The van der Waals surface area contributed by atoms with Crippen molar-refractivity contribution in [2.24, 2.45) is 0 Å². The zero-order valence-corrected chi connectivity index (χ0v) is 38.4. The van der Waals surface area contributed by atoms with E-state index < -0.39 is 37.8 Å². The number of carbonyl (C=O) groups is 2. The fraction of sp³-hybridized carbons (Fsp3) is 0.0952. The second-order valence-corrected chi connectivity index (χ2v) is 20.3. The number of nitrogens with one attached hydrogen (secondary N) is 2. The zero-order valence-electron chi connectivity index (χ0n) is 33.6. The molecule has 0 aliphatic rings. The van der Waals surface area contributed by atoms with Crippen molar-refractivity contribution in [3.63, 3.8) is 0 Å². The van der Waals surface area contributed by atoms with Gasteiger partial charge in [0.05, 0.1) is 53.7 Å². The maximum atomic E-state index is 13.5. The first kappa shape index (κ1) is 46.6. The van der Waals surface area contributed by atoms with Gasteiger partial charge in [0.2, 0.25) is 20.2 Å². The Hall–Kier alpha value is -6.36. The lowest BCUT2D eigenvalue weighted by Crippen LogP contribution is -2.22. The average molecular weight is 998 g/mol. The van der Waals surface area contributed by atoms with Gasteiger partial charge in [-0.25, -0.2) is 27.2 Å². The van der Waals surface area contributed by atoms with Crippen LogP contribution in [0, 0.1) is 11.6 Å². The number of imidazole rings is 2. The molecular weight excluding hydrogens is 966 g/mol. The highest BCUT2D eigenvalue weighted by molar-refractivity contribution is 7.90. The number of nitrogens with zero attached hydrogens (tertiary/aromatic N) is 6. The van der Waals surface area contributed by atoms with E-state index in [1.807, 2.05) is 0 Å². The Labute approximate surface area is 388 Å². The summed E-state index contributed by atoms with van der Waals surface area (Å²) in [6.45, 7) is 0.142. The molecule has 65 heavy (non-hydrogen) atoms. The van der Waals surface area contributed by atoms with E-state index in [0.29, 0.717) is 57.7 Å². The number of amides is 2. The summed E-state index contributed by atoms with van der Waals surface area (Å²) in [5, 5.41) is 5.55.